The molecule has 0 aliphatic carbocycles. The summed E-state index contributed by atoms with van der Waals surface area (Å²) in [6, 6.07) is 0. The van der Waals surface area contributed by atoms with E-state index in [0.717, 1.165) is 0 Å². The van der Waals surface area contributed by atoms with Gasteiger partial charge in [-0.1, -0.05) is 0 Å². The van der Waals surface area contributed by atoms with Crippen molar-refractivity contribution in [3.05, 3.63) is 0 Å². The molecule has 0 unspecified atom stereocenters. The van der Waals surface area contributed by atoms with Gasteiger partial charge in [-0.25, -0.2) is 4.79 Å². The van der Waals surface area contributed by atoms with Gasteiger partial charge < -0.3 is 37.3 Å². The molecule has 0 aliphatic rings. The Morgan fingerprint density at radius 3 is 1.97 bits per heavy atom. The lowest BCUT2D eigenvalue weighted by Gasteiger charge is -2.34. The molecule has 3 amide bonds. The molecule has 0 saturated heterocycles. The highest BCUT2D eigenvalue weighted by atomic mass is 16.6. The average molecular weight is 418 g/mol. The standard InChI is InChI=1S/C18H35N5O6/c1-17(2,3)29-16(28)22-12-13(24)23-18(7-4-9-19,8-5-10-20)15(27)21-11-6-14(25)26/h4-12,19-20H2,1-3H3,(H,21,27)(H,22,28)(H,23,24)(H,25,26). The molecule has 0 aromatic carbocycles. The van der Waals surface area contributed by atoms with Gasteiger partial charge in [0.05, 0.1) is 6.42 Å². The van der Waals surface area contributed by atoms with Crippen molar-refractivity contribution in [2.24, 2.45) is 11.5 Å². The summed E-state index contributed by atoms with van der Waals surface area (Å²) in [6.45, 7) is 5.23. The number of carboxylic acids is 1. The second kappa shape index (κ2) is 12.9. The first-order valence-electron chi connectivity index (χ1n) is 9.64. The monoisotopic (exact) mass is 417 g/mol. The fourth-order valence-electron chi connectivity index (χ4n) is 2.57. The Kier molecular flexibility index (Phi) is 11.9. The number of aliphatic carboxylic acids is 1. The molecule has 11 nitrogen and oxygen atoms in total. The Balaban J connectivity index is 5.17. The molecule has 0 aromatic rings. The quantitative estimate of drug-likeness (QED) is 0.230. The highest BCUT2D eigenvalue weighted by Crippen LogP contribution is 2.20. The van der Waals surface area contributed by atoms with Crippen LogP contribution in [0.25, 0.3) is 0 Å². The van der Waals surface area contributed by atoms with Crippen molar-refractivity contribution in [2.75, 3.05) is 26.2 Å². The minimum absolute atomic E-state index is 0.0762. The Labute approximate surface area is 171 Å². The van der Waals surface area contributed by atoms with E-state index in [1.165, 1.54) is 0 Å². The number of hydrogen-bond donors (Lipinski definition) is 6. The third kappa shape index (κ3) is 11.9. The average Bonchev–Trinajstić information content (AvgIpc) is 2.60. The third-order valence-corrected chi connectivity index (χ3v) is 3.85. The molecule has 8 N–H and O–H groups in total. The second-order valence-electron chi connectivity index (χ2n) is 7.67. The largest absolute Gasteiger partial charge is 0.481 e. The first-order valence-corrected chi connectivity index (χ1v) is 9.64. The number of rotatable bonds is 13. The summed E-state index contributed by atoms with van der Waals surface area (Å²) in [4.78, 5) is 47.7. The summed E-state index contributed by atoms with van der Waals surface area (Å²) < 4.78 is 5.07. The van der Waals surface area contributed by atoms with Crippen LogP contribution in [0.2, 0.25) is 0 Å². The number of nitrogens with one attached hydrogen (secondary N) is 3. The predicted molar refractivity (Wildman–Crippen MR) is 107 cm³/mol. The van der Waals surface area contributed by atoms with Gasteiger partial charge in [0.25, 0.3) is 0 Å². The van der Waals surface area contributed by atoms with E-state index in [4.69, 9.17) is 21.3 Å². The van der Waals surface area contributed by atoms with Gasteiger partial charge in [-0.05, 0) is 59.5 Å². The van der Waals surface area contributed by atoms with Crippen molar-refractivity contribution in [1.82, 2.24) is 16.0 Å². The topological polar surface area (TPSA) is 186 Å². The lowest BCUT2D eigenvalue weighted by Crippen LogP contribution is -2.60. The summed E-state index contributed by atoms with van der Waals surface area (Å²) in [5.41, 5.74) is 9.13. The number of carbonyl (C=O) groups is 4. The van der Waals surface area contributed by atoms with Crippen LogP contribution in [-0.2, 0) is 19.1 Å². The van der Waals surface area contributed by atoms with E-state index in [9.17, 15) is 19.2 Å². The SMILES string of the molecule is CC(C)(C)OC(=O)NCC(=O)NC(CCCN)(CCCN)C(=O)NCCC(=O)O. The highest BCUT2D eigenvalue weighted by molar-refractivity contribution is 5.93. The highest BCUT2D eigenvalue weighted by Gasteiger charge is 2.38. The third-order valence-electron chi connectivity index (χ3n) is 3.85. The smallest absolute Gasteiger partial charge is 0.408 e. The van der Waals surface area contributed by atoms with Gasteiger partial charge in [-0.2, -0.15) is 0 Å². The number of ether oxygens (including phenoxy) is 1. The first kappa shape index (κ1) is 26.6. The van der Waals surface area contributed by atoms with Crippen molar-refractivity contribution in [1.29, 1.82) is 0 Å². The summed E-state index contributed by atoms with van der Waals surface area (Å²) in [5.74, 6) is -2.14. The van der Waals surface area contributed by atoms with E-state index in [0.29, 0.717) is 25.9 Å². The normalized spacial score (nSPS) is 11.5. The summed E-state index contributed by atoms with van der Waals surface area (Å²) in [7, 11) is 0. The van der Waals surface area contributed by atoms with Crippen molar-refractivity contribution >= 4 is 23.9 Å². The van der Waals surface area contributed by atoms with Crippen LogP contribution < -0.4 is 27.4 Å². The van der Waals surface area contributed by atoms with Crippen LogP contribution in [0.4, 0.5) is 4.79 Å². The Morgan fingerprint density at radius 1 is 0.966 bits per heavy atom. The molecule has 0 rings (SSSR count). The molecule has 0 aliphatic heterocycles. The van der Waals surface area contributed by atoms with E-state index in [1.54, 1.807) is 20.8 Å². The van der Waals surface area contributed by atoms with Crippen molar-refractivity contribution in [3.63, 3.8) is 0 Å². The minimum Gasteiger partial charge on any atom is -0.481 e. The zero-order valence-corrected chi connectivity index (χ0v) is 17.5. The fourth-order valence-corrected chi connectivity index (χ4v) is 2.57. The lowest BCUT2D eigenvalue weighted by molar-refractivity contribution is -0.137. The maximum atomic E-state index is 12.8. The Hall–Kier alpha value is -2.40. The number of carboxylic acid groups (broad SMARTS) is 1. The van der Waals surface area contributed by atoms with E-state index in [2.05, 4.69) is 16.0 Å². The maximum Gasteiger partial charge on any atom is 0.408 e. The van der Waals surface area contributed by atoms with E-state index < -0.39 is 35.0 Å². The summed E-state index contributed by atoms with van der Waals surface area (Å²) in [6.07, 6.45) is 0.409. The second-order valence-corrected chi connectivity index (χ2v) is 7.67. The van der Waals surface area contributed by atoms with Crippen LogP contribution >= 0.6 is 0 Å². The molecule has 0 atom stereocenters. The minimum atomic E-state index is -1.30. The lowest BCUT2D eigenvalue weighted by atomic mass is 9.86. The van der Waals surface area contributed by atoms with Gasteiger partial charge in [0.1, 0.15) is 17.7 Å². The molecular weight excluding hydrogens is 382 g/mol. The Morgan fingerprint density at radius 2 is 1.52 bits per heavy atom. The van der Waals surface area contributed by atoms with Crippen LogP contribution in [0.3, 0.4) is 0 Å². The predicted octanol–water partition coefficient (Wildman–Crippen LogP) is -0.565. The van der Waals surface area contributed by atoms with E-state index in [1.807, 2.05) is 0 Å². The van der Waals surface area contributed by atoms with Gasteiger partial charge in [-0.15, -0.1) is 0 Å². The van der Waals surface area contributed by atoms with E-state index in [-0.39, 0.29) is 32.4 Å². The zero-order valence-electron chi connectivity index (χ0n) is 17.5. The molecule has 29 heavy (non-hydrogen) atoms. The molecule has 0 aromatic heterocycles. The van der Waals surface area contributed by atoms with Crippen LogP contribution in [0.5, 0.6) is 0 Å². The fraction of sp³-hybridized carbons (Fsp3) is 0.778. The van der Waals surface area contributed by atoms with Crippen LogP contribution in [0.15, 0.2) is 0 Å². The molecule has 0 fully saturated rings. The van der Waals surface area contributed by atoms with Crippen molar-refractivity contribution in [3.8, 4) is 0 Å². The van der Waals surface area contributed by atoms with Gasteiger partial charge in [0, 0.05) is 6.54 Å². The molecular formula is C18H35N5O6. The Bertz CT molecular complexity index is 553. The number of nitrogens with two attached hydrogens (primary N) is 2. The number of carbonyl (C=O) groups excluding carboxylic acids is 3. The van der Waals surface area contributed by atoms with Gasteiger partial charge in [-0.3, -0.25) is 14.4 Å². The molecule has 0 saturated carbocycles. The molecule has 168 valence electrons. The summed E-state index contributed by atoms with van der Waals surface area (Å²) >= 11 is 0. The van der Waals surface area contributed by atoms with Gasteiger partial charge in [0.15, 0.2) is 0 Å². The van der Waals surface area contributed by atoms with Crippen LogP contribution in [-0.4, -0.2) is 66.3 Å². The van der Waals surface area contributed by atoms with Gasteiger partial charge in [0.2, 0.25) is 11.8 Å². The number of hydrogen-bond acceptors (Lipinski definition) is 7. The molecule has 0 spiro atoms. The number of alkyl carbamates (subject to hydrolysis) is 1. The zero-order chi connectivity index (χ0) is 22.5. The molecule has 0 radical (unpaired) electrons. The molecule has 11 heteroatoms. The number of amides is 3. The molecule has 0 bridgehead atoms. The van der Waals surface area contributed by atoms with Crippen molar-refractivity contribution < 1.29 is 29.0 Å². The van der Waals surface area contributed by atoms with Crippen LogP contribution in [0, 0.1) is 0 Å². The van der Waals surface area contributed by atoms with Gasteiger partial charge >= 0.3 is 12.1 Å². The molecule has 0 heterocycles. The van der Waals surface area contributed by atoms with Crippen LogP contribution in [0.1, 0.15) is 52.9 Å². The summed E-state index contributed by atoms with van der Waals surface area (Å²) in [5, 5.41) is 16.3. The van der Waals surface area contributed by atoms with Crippen molar-refractivity contribution in [2.45, 2.75) is 64.0 Å². The first-order chi connectivity index (χ1) is 13.5. The maximum absolute atomic E-state index is 12.8. The van der Waals surface area contributed by atoms with E-state index >= 15 is 0 Å².